The van der Waals surface area contributed by atoms with Crippen molar-refractivity contribution in [2.75, 3.05) is 13.0 Å². The van der Waals surface area contributed by atoms with Gasteiger partial charge in [0, 0.05) is 13.1 Å². The maximum Gasteiger partial charge on any atom is 0.236 e. The Labute approximate surface area is 203 Å². The SMILES string of the molecule is COc1ccccc1-c1nnc(SC(C)C(=O)N(Cc2ccccc2)Cc2ccccc2)n1N. The van der Waals surface area contributed by atoms with Crippen molar-refractivity contribution in [3.05, 3.63) is 96.1 Å². The number of methoxy groups -OCH3 is 1. The summed E-state index contributed by atoms with van der Waals surface area (Å²) in [5, 5.41) is 8.54. The number of rotatable bonds is 9. The normalized spacial score (nSPS) is 11.7. The quantitative estimate of drug-likeness (QED) is 0.287. The van der Waals surface area contributed by atoms with Crippen LogP contribution in [0.3, 0.4) is 0 Å². The van der Waals surface area contributed by atoms with Crippen molar-refractivity contribution < 1.29 is 9.53 Å². The number of amides is 1. The third-order valence-electron chi connectivity index (χ3n) is 5.39. The van der Waals surface area contributed by atoms with E-state index in [9.17, 15) is 4.79 Å². The van der Waals surface area contributed by atoms with Gasteiger partial charge in [0.25, 0.3) is 0 Å². The summed E-state index contributed by atoms with van der Waals surface area (Å²) < 4.78 is 6.83. The smallest absolute Gasteiger partial charge is 0.236 e. The van der Waals surface area contributed by atoms with E-state index in [0.29, 0.717) is 29.8 Å². The van der Waals surface area contributed by atoms with Crippen LogP contribution in [-0.2, 0) is 17.9 Å². The molecule has 1 atom stereocenters. The van der Waals surface area contributed by atoms with Gasteiger partial charge in [-0.05, 0) is 30.2 Å². The van der Waals surface area contributed by atoms with Gasteiger partial charge in [-0.3, -0.25) is 4.79 Å². The number of nitrogens with two attached hydrogens (primary N) is 1. The number of para-hydroxylation sites is 1. The molecule has 1 heterocycles. The first kappa shape index (κ1) is 23.4. The Bertz CT molecular complexity index is 1190. The molecule has 0 aliphatic heterocycles. The lowest BCUT2D eigenvalue weighted by atomic mass is 10.1. The van der Waals surface area contributed by atoms with Gasteiger partial charge in [-0.2, -0.15) is 0 Å². The average molecular weight is 474 g/mol. The lowest BCUT2D eigenvalue weighted by molar-refractivity contribution is -0.131. The lowest BCUT2D eigenvalue weighted by Gasteiger charge is -2.26. The molecule has 4 rings (SSSR count). The third kappa shape index (κ3) is 5.40. The highest BCUT2D eigenvalue weighted by molar-refractivity contribution is 8.00. The molecule has 0 bridgehead atoms. The Balaban J connectivity index is 1.54. The predicted octanol–water partition coefficient (Wildman–Crippen LogP) is 4.38. The van der Waals surface area contributed by atoms with Crippen molar-refractivity contribution in [2.24, 2.45) is 0 Å². The van der Waals surface area contributed by atoms with E-state index in [1.807, 2.05) is 96.8 Å². The van der Waals surface area contributed by atoms with E-state index in [1.54, 1.807) is 7.11 Å². The summed E-state index contributed by atoms with van der Waals surface area (Å²) in [7, 11) is 1.60. The zero-order valence-electron chi connectivity index (χ0n) is 19.2. The second-order valence-corrected chi connectivity index (χ2v) is 9.11. The number of carbonyl (C=O) groups excluding carboxylic acids is 1. The molecular formula is C26H27N5O2S. The first-order valence-electron chi connectivity index (χ1n) is 10.9. The van der Waals surface area contributed by atoms with Gasteiger partial charge in [-0.15, -0.1) is 10.2 Å². The Hall–Kier alpha value is -3.78. The number of carbonyl (C=O) groups is 1. The minimum atomic E-state index is -0.413. The van der Waals surface area contributed by atoms with Crippen LogP contribution in [0.2, 0.25) is 0 Å². The van der Waals surface area contributed by atoms with Crippen molar-refractivity contribution in [1.82, 2.24) is 19.8 Å². The highest BCUT2D eigenvalue weighted by atomic mass is 32.2. The molecule has 0 aliphatic carbocycles. The van der Waals surface area contributed by atoms with Crippen LogP contribution in [0.1, 0.15) is 18.1 Å². The molecule has 4 aromatic rings. The number of nitrogen functional groups attached to an aromatic ring is 1. The van der Waals surface area contributed by atoms with Gasteiger partial charge in [0.15, 0.2) is 5.82 Å². The Kier molecular flexibility index (Phi) is 7.49. The molecule has 0 radical (unpaired) electrons. The summed E-state index contributed by atoms with van der Waals surface area (Å²) in [6, 6.07) is 27.5. The van der Waals surface area contributed by atoms with E-state index in [0.717, 1.165) is 16.7 Å². The summed E-state index contributed by atoms with van der Waals surface area (Å²) in [6.07, 6.45) is 0. The van der Waals surface area contributed by atoms with Crippen molar-refractivity contribution in [1.29, 1.82) is 0 Å². The number of benzene rings is 3. The maximum atomic E-state index is 13.5. The van der Waals surface area contributed by atoms with E-state index in [2.05, 4.69) is 10.2 Å². The molecule has 0 fully saturated rings. The first-order chi connectivity index (χ1) is 16.6. The largest absolute Gasteiger partial charge is 0.496 e. The van der Waals surface area contributed by atoms with Crippen LogP contribution >= 0.6 is 11.8 Å². The van der Waals surface area contributed by atoms with E-state index >= 15 is 0 Å². The summed E-state index contributed by atoms with van der Waals surface area (Å²) >= 11 is 1.29. The van der Waals surface area contributed by atoms with E-state index < -0.39 is 5.25 Å². The van der Waals surface area contributed by atoms with E-state index in [-0.39, 0.29) is 5.91 Å². The number of aromatic nitrogens is 3. The topological polar surface area (TPSA) is 86.3 Å². The summed E-state index contributed by atoms with van der Waals surface area (Å²) in [5.74, 6) is 7.45. The van der Waals surface area contributed by atoms with Crippen molar-refractivity contribution in [3.63, 3.8) is 0 Å². The molecule has 1 aromatic heterocycles. The molecule has 8 heteroatoms. The van der Waals surface area contributed by atoms with Gasteiger partial charge in [-0.1, -0.05) is 84.6 Å². The monoisotopic (exact) mass is 473 g/mol. The van der Waals surface area contributed by atoms with Crippen LogP contribution in [0.4, 0.5) is 0 Å². The molecule has 3 aromatic carbocycles. The summed E-state index contributed by atoms with van der Waals surface area (Å²) in [6.45, 7) is 2.90. The highest BCUT2D eigenvalue weighted by Crippen LogP contribution is 2.31. The minimum Gasteiger partial charge on any atom is -0.496 e. The van der Waals surface area contributed by atoms with Gasteiger partial charge in [0.2, 0.25) is 11.1 Å². The van der Waals surface area contributed by atoms with Gasteiger partial charge in [-0.25, -0.2) is 4.68 Å². The molecule has 174 valence electrons. The molecule has 2 N–H and O–H groups in total. The number of hydrogen-bond donors (Lipinski definition) is 1. The zero-order valence-corrected chi connectivity index (χ0v) is 20.0. The Morgan fingerprint density at radius 2 is 1.50 bits per heavy atom. The molecular weight excluding hydrogens is 446 g/mol. The third-order valence-corrected chi connectivity index (χ3v) is 6.43. The molecule has 0 saturated carbocycles. The molecule has 0 saturated heterocycles. The van der Waals surface area contributed by atoms with Crippen molar-refractivity contribution in [2.45, 2.75) is 30.4 Å². The lowest BCUT2D eigenvalue weighted by Crippen LogP contribution is -2.36. The van der Waals surface area contributed by atoms with Gasteiger partial charge in [0.1, 0.15) is 5.75 Å². The van der Waals surface area contributed by atoms with Crippen LogP contribution in [0.15, 0.2) is 90.1 Å². The van der Waals surface area contributed by atoms with Crippen LogP contribution in [0.25, 0.3) is 11.4 Å². The Morgan fingerprint density at radius 3 is 2.09 bits per heavy atom. The number of nitrogens with zero attached hydrogens (tertiary/aromatic N) is 4. The maximum absolute atomic E-state index is 13.5. The van der Waals surface area contributed by atoms with Gasteiger partial charge in [0.05, 0.1) is 17.9 Å². The van der Waals surface area contributed by atoms with E-state index in [1.165, 1.54) is 16.4 Å². The second-order valence-electron chi connectivity index (χ2n) is 7.80. The van der Waals surface area contributed by atoms with Crippen LogP contribution < -0.4 is 10.6 Å². The van der Waals surface area contributed by atoms with Crippen LogP contribution in [-0.4, -0.2) is 38.0 Å². The Morgan fingerprint density at radius 1 is 0.941 bits per heavy atom. The predicted molar refractivity (Wildman–Crippen MR) is 135 cm³/mol. The van der Waals surface area contributed by atoms with Crippen LogP contribution in [0.5, 0.6) is 5.75 Å². The first-order valence-corrected chi connectivity index (χ1v) is 11.8. The molecule has 7 nitrogen and oxygen atoms in total. The number of thioether (sulfide) groups is 1. The number of hydrogen-bond acceptors (Lipinski definition) is 6. The van der Waals surface area contributed by atoms with Gasteiger partial charge < -0.3 is 15.5 Å². The number of ether oxygens (including phenoxy) is 1. The molecule has 34 heavy (non-hydrogen) atoms. The molecule has 0 spiro atoms. The fourth-order valence-corrected chi connectivity index (χ4v) is 4.51. The molecule has 1 unspecified atom stereocenters. The highest BCUT2D eigenvalue weighted by Gasteiger charge is 2.25. The standard InChI is InChI=1S/C26H27N5O2S/c1-19(34-26-29-28-24(31(26)27)22-15-9-10-16-23(22)33-2)25(32)30(17-20-11-5-3-6-12-20)18-21-13-7-4-8-14-21/h3-16,19H,17-18,27H2,1-2H3. The van der Waals surface area contributed by atoms with Gasteiger partial charge >= 0.3 is 0 Å². The van der Waals surface area contributed by atoms with Crippen molar-refractivity contribution in [3.8, 4) is 17.1 Å². The molecule has 1 amide bonds. The fourth-order valence-electron chi connectivity index (χ4n) is 3.66. The fraction of sp³-hybridized carbons (Fsp3) is 0.192. The second kappa shape index (κ2) is 10.9. The van der Waals surface area contributed by atoms with E-state index in [4.69, 9.17) is 10.6 Å². The zero-order chi connectivity index (χ0) is 23.9. The van der Waals surface area contributed by atoms with Crippen molar-refractivity contribution >= 4 is 17.7 Å². The molecule has 0 aliphatic rings. The minimum absolute atomic E-state index is 0.000419. The van der Waals surface area contributed by atoms with Crippen LogP contribution in [0, 0.1) is 0 Å². The summed E-state index contributed by atoms with van der Waals surface area (Å²) in [5.41, 5.74) is 2.88. The average Bonchev–Trinajstić information content (AvgIpc) is 3.23. The summed E-state index contributed by atoms with van der Waals surface area (Å²) in [4.78, 5) is 15.4.